The van der Waals surface area contributed by atoms with Crippen LogP contribution in [0, 0.1) is 0 Å². The second-order valence-corrected chi connectivity index (χ2v) is 15.1. The Bertz CT molecular complexity index is 770. The van der Waals surface area contributed by atoms with Crippen molar-refractivity contribution in [2.24, 2.45) is 0 Å². The molecule has 0 aromatic heterocycles. The highest BCUT2D eigenvalue weighted by Gasteiger charge is 2.24. The van der Waals surface area contributed by atoms with Gasteiger partial charge >= 0.3 is 0 Å². The molecule has 0 radical (unpaired) electrons. The van der Waals surface area contributed by atoms with E-state index in [2.05, 4.69) is 19.2 Å². The molecule has 7 heteroatoms. The maximum Gasteiger partial charge on any atom is 0.267 e. The number of aliphatic hydroxyl groups excluding tert-OH is 1. The number of carbonyl (C=O) groups is 1. The molecule has 0 aromatic carbocycles. The van der Waals surface area contributed by atoms with E-state index in [-0.39, 0.29) is 5.91 Å². The first-order chi connectivity index (χ1) is 21.8. The van der Waals surface area contributed by atoms with Gasteiger partial charge in [-0.15, -0.1) is 0 Å². The zero-order chi connectivity index (χ0) is 33.3. The van der Waals surface area contributed by atoms with E-state index in [0.29, 0.717) is 6.42 Å². The number of amides is 1. The van der Waals surface area contributed by atoms with Crippen molar-refractivity contribution in [2.45, 2.75) is 219 Å². The summed E-state index contributed by atoms with van der Waals surface area (Å²) in [6.07, 6.45) is 39.1. The van der Waals surface area contributed by atoms with Gasteiger partial charge in [0.05, 0.1) is 17.9 Å². The number of carbonyl (C=O) groups excluding carboxylic acids is 1. The molecule has 268 valence electrons. The van der Waals surface area contributed by atoms with Crippen LogP contribution in [0.2, 0.25) is 0 Å². The van der Waals surface area contributed by atoms with Crippen molar-refractivity contribution >= 4 is 16.0 Å². The number of hydrogen-bond acceptors (Lipinski definition) is 4. The third-order valence-electron chi connectivity index (χ3n) is 8.96. The monoisotopic (exact) mass is 658 g/mol. The lowest BCUT2D eigenvalue weighted by Crippen LogP contribution is -2.46. The summed E-state index contributed by atoms with van der Waals surface area (Å²) in [5, 5.41) is 13.2. The van der Waals surface area contributed by atoms with Crippen molar-refractivity contribution in [1.29, 1.82) is 0 Å². The van der Waals surface area contributed by atoms with Gasteiger partial charge < -0.3 is 10.4 Å². The fraction of sp³-hybridized carbons (Fsp3) is 0.921. The van der Waals surface area contributed by atoms with Crippen molar-refractivity contribution in [1.82, 2.24) is 5.32 Å². The first-order valence-corrected chi connectivity index (χ1v) is 21.0. The van der Waals surface area contributed by atoms with E-state index in [1.54, 1.807) is 6.08 Å². The Hall–Kier alpha value is -0.920. The Morgan fingerprint density at radius 2 is 0.911 bits per heavy atom. The summed E-state index contributed by atoms with van der Waals surface area (Å²) in [4.78, 5) is 12.5. The van der Waals surface area contributed by atoms with E-state index in [1.165, 1.54) is 148 Å². The highest BCUT2D eigenvalue weighted by atomic mass is 32.2. The molecule has 6 nitrogen and oxygen atoms in total. The Morgan fingerprint density at radius 1 is 0.578 bits per heavy atom. The lowest BCUT2D eigenvalue weighted by Gasteiger charge is -2.21. The molecule has 0 aliphatic carbocycles. The molecule has 0 aromatic rings. The SMILES string of the molecule is CCCCCCCCCCCC/C=C/C(O)C(CS(=O)(=O)O)NC(=O)CCCCCCCCCCCCCCCCCCCC. The minimum absolute atomic E-state index is 0.276. The average molecular weight is 658 g/mol. The van der Waals surface area contributed by atoms with Crippen molar-refractivity contribution < 1.29 is 22.9 Å². The first-order valence-electron chi connectivity index (χ1n) is 19.4. The fourth-order valence-electron chi connectivity index (χ4n) is 6.04. The van der Waals surface area contributed by atoms with E-state index in [1.807, 2.05) is 6.08 Å². The number of rotatable bonds is 35. The molecule has 45 heavy (non-hydrogen) atoms. The molecule has 0 spiro atoms. The molecule has 2 unspecified atom stereocenters. The Balaban J connectivity index is 3.88. The molecule has 1 amide bonds. The second-order valence-electron chi connectivity index (χ2n) is 13.6. The predicted molar refractivity (Wildman–Crippen MR) is 193 cm³/mol. The number of unbranched alkanes of at least 4 members (excludes halogenated alkanes) is 27. The second kappa shape index (κ2) is 33.0. The Kier molecular flexibility index (Phi) is 32.3. The van der Waals surface area contributed by atoms with Crippen LogP contribution in [0.4, 0.5) is 0 Å². The van der Waals surface area contributed by atoms with Crippen LogP contribution in [0.15, 0.2) is 12.2 Å². The molecular formula is C38H75NO5S. The van der Waals surface area contributed by atoms with Crippen molar-refractivity contribution in [3.63, 3.8) is 0 Å². The summed E-state index contributed by atoms with van der Waals surface area (Å²) in [6, 6.07) is -1.05. The van der Waals surface area contributed by atoms with E-state index >= 15 is 0 Å². The van der Waals surface area contributed by atoms with Gasteiger partial charge in [0.15, 0.2) is 0 Å². The van der Waals surface area contributed by atoms with Gasteiger partial charge in [0.1, 0.15) is 0 Å². The lowest BCUT2D eigenvalue weighted by molar-refractivity contribution is -0.122. The standard InChI is InChI=1S/C38H75NO5S/c1-3-5-7-9-11-13-15-17-18-19-20-21-22-24-26-28-30-32-34-38(41)39-36(35-45(42,43)44)37(40)33-31-29-27-25-23-16-14-12-10-8-6-4-2/h31,33,36-37,40H,3-30,32,34-35H2,1-2H3,(H,39,41)(H,42,43,44)/b33-31+. The van der Waals surface area contributed by atoms with Crippen LogP contribution in [0.5, 0.6) is 0 Å². The normalized spacial score (nSPS) is 13.4. The van der Waals surface area contributed by atoms with Crippen molar-refractivity contribution in [3.8, 4) is 0 Å². The van der Waals surface area contributed by atoms with Gasteiger partial charge in [-0.2, -0.15) is 8.42 Å². The zero-order valence-corrected chi connectivity index (χ0v) is 30.6. The topological polar surface area (TPSA) is 104 Å². The minimum atomic E-state index is -4.33. The van der Waals surface area contributed by atoms with Crippen LogP contribution in [0.1, 0.15) is 206 Å². The molecule has 0 bridgehead atoms. The Morgan fingerprint density at radius 3 is 1.27 bits per heavy atom. The number of hydrogen-bond donors (Lipinski definition) is 3. The Labute approximate surface area is 280 Å². The largest absolute Gasteiger partial charge is 0.387 e. The van der Waals surface area contributed by atoms with Gasteiger partial charge in [0.25, 0.3) is 10.1 Å². The average Bonchev–Trinajstić information content (AvgIpc) is 3.00. The molecule has 0 saturated heterocycles. The maximum absolute atomic E-state index is 12.5. The van der Waals surface area contributed by atoms with Crippen LogP contribution in [-0.4, -0.2) is 41.9 Å². The summed E-state index contributed by atoms with van der Waals surface area (Å²) in [5.74, 6) is -0.968. The smallest absolute Gasteiger partial charge is 0.267 e. The van der Waals surface area contributed by atoms with Gasteiger partial charge in [-0.25, -0.2) is 0 Å². The van der Waals surface area contributed by atoms with Gasteiger partial charge in [0.2, 0.25) is 5.91 Å². The van der Waals surface area contributed by atoms with E-state index < -0.39 is 28.0 Å². The van der Waals surface area contributed by atoms with Gasteiger partial charge in [-0.1, -0.05) is 193 Å². The summed E-state index contributed by atoms with van der Waals surface area (Å²) in [6.45, 7) is 4.51. The molecule has 3 N–H and O–H groups in total. The van der Waals surface area contributed by atoms with Crippen LogP contribution < -0.4 is 5.32 Å². The van der Waals surface area contributed by atoms with E-state index in [4.69, 9.17) is 0 Å². The minimum Gasteiger partial charge on any atom is -0.387 e. The summed E-state index contributed by atoms with van der Waals surface area (Å²) in [5.41, 5.74) is 0. The van der Waals surface area contributed by atoms with Crippen LogP contribution in [-0.2, 0) is 14.9 Å². The maximum atomic E-state index is 12.5. The lowest BCUT2D eigenvalue weighted by atomic mass is 10.0. The number of allylic oxidation sites excluding steroid dienone is 1. The highest BCUT2D eigenvalue weighted by molar-refractivity contribution is 7.85. The molecule has 0 heterocycles. The first kappa shape index (κ1) is 44.1. The van der Waals surface area contributed by atoms with E-state index in [0.717, 1.165) is 38.5 Å². The van der Waals surface area contributed by atoms with Gasteiger partial charge in [-0.05, 0) is 19.3 Å². The quantitative estimate of drug-likeness (QED) is 0.0357. The van der Waals surface area contributed by atoms with Gasteiger partial charge in [0, 0.05) is 6.42 Å². The summed E-state index contributed by atoms with van der Waals surface area (Å²) < 4.78 is 32.4. The third kappa shape index (κ3) is 34.2. The summed E-state index contributed by atoms with van der Waals surface area (Å²) in [7, 11) is -4.33. The number of nitrogens with one attached hydrogen (secondary N) is 1. The molecule has 0 aliphatic rings. The molecular weight excluding hydrogens is 582 g/mol. The fourth-order valence-corrected chi connectivity index (χ4v) is 6.77. The summed E-state index contributed by atoms with van der Waals surface area (Å²) >= 11 is 0. The third-order valence-corrected chi connectivity index (χ3v) is 9.74. The van der Waals surface area contributed by atoms with E-state index in [9.17, 15) is 22.9 Å². The molecule has 0 aliphatic heterocycles. The highest BCUT2D eigenvalue weighted by Crippen LogP contribution is 2.15. The molecule has 2 atom stereocenters. The van der Waals surface area contributed by atoms with Crippen LogP contribution in [0.3, 0.4) is 0 Å². The molecule has 0 fully saturated rings. The van der Waals surface area contributed by atoms with Crippen molar-refractivity contribution in [2.75, 3.05) is 5.75 Å². The predicted octanol–water partition coefficient (Wildman–Crippen LogP) is 11.0. The molecule has 0 rings (SSSR count). The van der Waals surface area contributed by atoms with Crippen LogP contribution >= 0.6 is 0 Å². The van der Waals surface area contributed by atoms with Gasteiger partial charge in [-0.3, -0.25) is 9.35 Å². The van der Waals surface area contributed by atoms with Crippen LogP contribution in [0.25, 0.3) is 0 Å². The molecule has 0 saturated carbocycles. The number of aliphatic hydroxyl groups is 1. The zero-order valence-electron chi connectivity index (χ0n) is 29.8. The van der Waals surface area contributed by atoms with Crippen molar-refractivity contribution in [3.05, 3.63) is 12.2 Å².